The van der Waals surface area contributed by atoms with Gasteiger partial charge in [-0.3, -0.25) is 24.1 Å². The fourth-order valence-electron chi connectivity index (χ4n) is 4.96. The van der Waals surface area contributed by atoms with Crippen LogP contribution in [0.5, 0.6) is 0 Å². The lowest BCUT2D eigenvalue weighted by Crippen LogP contribution is -2.40. The smallest absolute Gasteiger partial charge is 0.261 e. The van der Waals surface area contributed by atoms with Crippen LogP contribution in [0, 0.1) is 6.92 Å². The van der Waals surface area contributed by atoms with Gasteiger partial charge >= 0.3 is 0 Å². The number of fused-ring (bicyclic) bond motifs is 1. The van der Waals surface area contributed by atoms with Crippen LogP contribution in [0.4, 0.5) is 11.4 Å². The highest BCUT2D eigenvalue weighted by molar-refractivity contribution is 6.22. The maximum atomic E-state index is 13.1. The van der Waals surface area contributed by atoms with Gasteiger partial charge in [-0.2, -0.15) is 0 Å². The van der Waals surface area contributed by atoms with Gasteiger partial charge in [-0.1, -0.05) is 43.5 Å². The molecule has 0 saturated heterocycles. The number of hydrogen-bond donors (Lipinski definition) is 2. The average Bonchev–Trinajstić information content (AvgIpc) is 3.16. The van der Waals surface area contributed by atoms with Crippen molar-refractivity contribution >= 4 is 35.0 Å². The molecule has 1 fully saturated rings. The zero-order chi connectivity index (χ0) is 25.2. The molecule has 3 aromatic carbocycles. The summed E-state index contributed by atoms with van der Waals surface area (Å²) in [5.41, 5.74) is 3.27. The Labute approximate surface area is 209 Å². The molecule has 1 aliphatic carbocycles. The van der Waals surface area contributed by atoms with E-state index in [4.69, 9.17) is 0 Å². The van der Waals surface area contributed by atoms with Crippen molar-refractivity contribution in [3.63, 3.8) is 0 Å². The Balaban J connectivity index is 1.33. The molecule has 182 valence electrons. The van der Waals surface area contributed by atoms with Crippen LogP contribution in [0.15, 0.2) is 66.7 Å². The first-order chi connectivity index (χ1) is 17.4. The molecule has 1 aliphatic heterocycles. The van der Waals surface area contributed by atoms with Gasteiger partial charge in [-0.15, -0.1) is 0 Å². The van der Waals surface area contributed by atoms with Crippen LogP contribution in [0.25, 0.3) is 0 Å². The first-order valence-corrected chi connectivity index (χ1v) is 12.2. The maximum Gasteiger partial charge on any atom is 0.261 e. The molecule has 36 heavy (non-hydrogen) atoms. The van der Waals surface area contributed by atoms with Crippen LogP contribution in [0.1, 0.15) is 79.1 Å². The van der Waals surface area contributed by atoms with Crippen LogP contribution in [0.2, 0.25) is 0 Å². The molecule has 2 N–H and O–H groups in total. The van der Waals surface area contributed by atoms with E-state index in [0.717, 1.165) is 32.1 Å². The number of nitrogens with zero attached hydrogens (tertiary/aromatic N) is 1. The Morgan fingerprint density at radius 2 is 1.33 bits per heavy atom. The molecule has 1 heterocycles. The average molecular weight is 482 g/mol. The molecular formula is C29H27N3O4. The number of carbonyl (C=O) groups excluding carboxylic acids is 4. The van der Waals surface area contributed by atoms with Gasteiger partial charge in [0.05, 0.1) is 11.1 Å². The van der Waals surface area contributed by atoms with Gasteiger partial charge in [0, 0.05) is 28.5 Å². The van der Waals surface area contributed by atoms with Gasteiger partial charge in [-0.05, 0) is 67.8 Å². The zero-order valence-electron chi connectivity index (χ0n) is 20.0. The van der Waals surface area contributed by atoms with Crippen molar-refractivity contribution in [1.82, 2.24) is 4.90 Å². The van der Waals surface area contributed by atoms with Crippen molar-refractivity contribution in [2.75, 3.05) is 10.6 Å². The van der Waals surface area contributed by atoms with Crippen LogP contribution in [-0.4, -0.2) is 34.6 Å². The van der Waals surface area contributed by atoms with E-state index in [1.54, 1.807) is 54.6 Å². The second-order valence-electron chi connectivity index (χ2n) is 9.28. The Bertz CT molecular complexity index is 1360. The van der Waals surface area contributed by atoms with Crippen molar-refractivity contribution in [3.05, 3.63) is 94.5 Å². The summed E-state index contributed by atoms with van der Waals surface area (Å²) in [7, 11) is 0. The van der Waals surface area contributed by atoms with E-state index in [2.05, 4.69) is 10.6 Å². The molecule has 5 rings (SSSR count). The lowest BCUT2D eigenvalue weighted by molar-refractivity contribution is 0.0548. The Kier molecular flexibility index (Phi) is 6.38. The monoisotopic (exact) mass is 481 g/mol. The van der Waals surface area contributed by atoms with Gasteiger partial charge in [0.15, 0.2) is 0 Å². The van der Waals surface area contributed by atoms with Gasteiger partial charge in [0.25, 0.3) is 23.6 Å². The van der Waals surface area contributed by atoms with Gasteiger partial charge in [0.2, 0.25) is 0 Å². The van der Waals surface area contributed by atoms with Crippen molar-refractivity contribution in [2.45, 2.75) is 45.1 Å². The van der Waals surface area contributed by atoms with E-state index in [-0.39, 0.29) is 29.3 Å². The highest BCUT2D eigenvalue weighted by Crippen LogP contribution is 2.32. The molecule has 4 amide bonds. The number of amides is 4. The number of anilines is 2. The van der Waals surface area contributed by atoms with Crippen LogP contribution in [0.3, 0.4) is 0 Å². The summed E-state index contributed by atoms with van der Waals surface area (Å²) in [6.45, 7) is 1.81. The fraction of sp³-hybridized carbons (Fsp3) is 0.241. The molecule has 3 aromatic rings. The third-order valence-electron chi connectivity index (χ3n) is 6.99. The Morgan fingerprint density at radius 1 is 0.722 bits per heavy atom. The number of hydrogen-bond acceptors (Lipinski definition) is 4. The Morgan fingerprint density at radius 3 is 2.00 bits per heavy atom. The number of rotatable bonds is 5. The van der Waals surface area contributed by atoms with Crippen LogP contribution >= 0.6 is 0 Å². The summed E-state index contributed by atoms with van der Waals surface area (Å²) in [5, 5.41) is 5.75. The Hall–Kier alpha value is -4.26. The molecule has 2 aliphatic rings. The third kappa shape index (κ3) is 4.40. The van der Waals surface area contributed by atoms with Gasteiger partial charge in [-0.25, -0.2) is 0 Å². The highest BCUT2D eigenvalue weighted by Gasteiger charge is 2.40. The topological polar surface area (TPSA) is 95.6 Å². The molecule has 0 spiro atoms. The lowest BCUT2D eigenvalue weighted by Gasteiger charge is -2.29. The number of nitrogens with one attached hydrogen (secondary N) is 2. The maximum absolute atomic E-state index is 13.1. The molecule has 1 saturated carbocycles. The first-order valence-electron chi connectivity index (χ1n) is 12.2. The van der Waals surface area contributed by atoms with E-state index in [0.29, 0.717) is 33.6 Å². The van der Waals surface area contributed by atoms with E-state index in [1.165, 1.54) is 11.0 Å². The van der Waals surface area contributed by atoms with E-state index >= 15 is 0 Å². The zero-order valence-corrected chi connectivity index (χ0v) is 20.0. The summed E-state index contributed by atoms with van der Waals surface area (Å²) < 4.78 is 0. The fourth-order valence-corrected chi connectivity index (χ4v) is 4.96. The number of benzene rings is 3. The summed E-state index contributed by atoms with van der Waals surface area (Å²) in [6.07, 6.45) is 4.80. The van der Waals surface area contributed by atoms with Crippen LogP contribution < -0.4 is 10.6 Å². The van der Waals surface area contributed by atoms with Crippen molar-refractivity contribution in [1.29, 1.82) is 0 Å². The van der Waals surface area contributed by atoms with E-state index in [9.17, 15) is 19.2 Å². The minimum atomic E-state index is -0.399. The van der Waals surface area contributed by atoms with Crippen LogP contribution in [-0.2, 0) is 0 Å². The van der Waals surface area contributed by atoms with Gasteiger partial charge < -0.3 is 10.6 Å². The van der Waals surface area contributed by atoms with Gasteiger partial charge in [0.1, 0.15) is 0 Å². The molecule has 7 nitrogen and oxygen atoms in total. The number of imide groups is 1. The molecule has 7 heteroatoms. The quantitative estimate of drug-likeness (QED) is 0.475. The minimum absolute atomic E-state index is 0.0695. The summed E-state index contributed by atoms with van der Waals surface area (Å²) in [5.74, 6) is -1.24. The third-order valence-corrected chi connectivity index (χ3v) is 6.99. The van der Waals surface area contributed by atoms with E-state index in [1.807, 2.05) is 13.0 Å². The van der Waals surface area contributed by atoms with Crippen molar-refractivity contribution < 1.29 is 19.2 Å². The molecule has 0 unspecified atom stereocenters. The van der Waals surface area contributed by atoms with E-state index < -0.39 is 5.91 Å². The standard InChI is InChI=1S/C29H27N3O4/c1-18-24(30-26(33)19-9-4-2-5-10-19)13-8-14-25(18)31-27(34)20-15-16-22-23(17-20)29(36)32(28(22)35)21-11-6-3-7-12-21/h2,4-5,8-10,13-17,21H,3,6-7,11-12H2,1H3,(H,30,33)(H,31,34). The molecule has 0 atom stereocenters. The molecular weight excluding hydrogens is 454 g/mol. The lowest BCUT2D eigenvalue weighted by atomic mass is 9.94. The second-order valence-corrected chi connectivity index (χ2v) is 9.28. The van der Waals surface area contributed by atoms with Crippen molar-refractivity contribution in [3.8, 4) is 0 Å². The molecule has 0 aromatic heterocycles. The predicted octanol–water partition coefficient (Wildman–Crippen LogP) is 5.43. The summed E-state index contributed by atoms with van der Waals surface area (Å²) in [6, 6.07) is 18.7. The SMILES string of the molecule is Cc1c(NC(=O)c2ccccc2)cccc1NC(=O)c1ccc2c(c1)C(=O)N(C1CCCCC1)C2=O. The highest BCUT2D eigenvalue weighted by atomic mass is 16.2. The predicted molar refractivity (Wildman–Crippen MR) is 137 cm³/mol. The summed E-state index contributed by atoms with van der Waals surface area (Å²) in [4.78, 5) is 53.0. The summed E-state index contributed by atoms with van der Waals surface area (Å²) >= 11 is 0. The number of carbonyl (C=O) groups is 4. The molecule has 0 bridgehead atoms. The molecule has 0 radical (unpaired) electrons. The normalized spacial score (nSPS) is 15.5. The largest absolute Gasteiger partial charge is 0.322 e. The minimum Gasteiger partial charge on any atom is -0.322 e. The first kappa shape index (κ1) is 23.5. The van der Waals surface area contributed by atoms with Crippen molar-refractivity contribution in [2.24, 2.45) is 0 Å². The second kappa shape index (κ2) is 9.77.